The first-order valence-corrected chi connectivity index (χ1v) is 17.6. The van der Waals surface area contributed by atoms with E-state index >= 15 is 0 Å². The van der Waals surface area contributed by atoms with Crippen LogP contribution in [0.15, 0.2) is 68.8 Å². The third-order valence-electron chi connectivity index (χ3n) is 10.7. The van der Waals surface area contributed by atoms with Crippen molar-refractivity contribution in [1.29, 1.82) is 0 Å². The van der Waals surface area contributed by atoms with Gasteiger partial charge in [-0.2, -0.15) is 0 Å². The molecule has 11 N–H and O–H groups in total. The number of aliphatic hydroxyl groups is 3. The van der Waals surface area contributed by atoms with E-state index < -0.39 is 76.7 Å². The second-order valence-corrected chi connectivity index (χ2v) is 14.2. The lowest BCUT2D eigenvalue weighted by atomic mass is 9.76. The number of aliphatic carboxylic acids is 1. The first-order valence-electron chi connectivity index (χ1n) is 17.6. The van der Waals surface area contributed by atoms with Gasteiger partial charge in [0.2, 0.25) is 12.0 Å². The van der Waals surface area contributed by atoms with Gasteiger partial charge in [-0.25, -0.2) is 4.79 Å². The van der Waals surface area contributed by atoms with Crippen LogP contribution in [0.5, 0.6) is 23.0 Å². The second kappa shape index (κ2) is 14.3. The molecule has 0 spiro atoms. The first kappa shape index (κ1) is 36.7. The molecular formula is C39H41N3O12. The highest BCUT2D eigenvalue weighted by Gasteiger charge is 2.58. The number of nitrogens with two attached hydrogens (primary N) is 2. The summed E-state index contributed by atoms with van der Waals surface area (Å²) in [6.07, 6.45) is -0.0997. The van der Waals surface area contributed by atoms with Gasteiger partial charge in [0.15, 0.2) is 29.0 Å². The smallest absolute Gasteiger partial charge is 0.335 e. The topological polar surface area (TPSA) is 272 Å². The zero-order chi connectivity index (χ0) is 38.5. The number of carboxylic acids is 1. The maximum Gasteiger partial charge on any atom is 0.335 e. The number of rotatable bonds is 9. The van der Waals surface area contributed by atoms with Crippen molar-refractivity contribution in [2.45, 2.75) is 74.6 Å². The molecule has 1 aromatic heterocycles. The average Bonchev–Trinajstić information content (AvgIpc) is 3.65. The van der Waals surface area contributed by atoms with E-state index in [1.165, 1.54) is 37.3 Å². The van der Waals surface area contributed by atoms with Crippen molar-refractivity contribution in [1.82, 2.24) is 0 Å². The lowest BCUT2D eigenvalue weighted by molar-refractivity contribution is -0.303. The van der Waals surface area contributed by atoms with Crippen LogP contribution >= 0.6 is 0 Å². The van der Waals surface area contributed by atoms with Crippen molar-refractivity contribution in [3.63, 3.8) is 0 Å². The van der Waals surface area contributed by atoms with E-state index in [-0.39, 0.29) is 23.0 Å². The Bertz CT molecular complexity index is 2220. The van der Waals surface area contributed by atoms with Gasteiger partial charge in [0, 0.05) is 17.7 Å². The number of allylic oxidation sites excluding steroid dienone is 1. The molecule has 15 heteroatoms. The summed E-state index contributed by atoms with van der Waals surface area (Å²) in [4.78, 5) is 29.1. The van der Waals surface area contributed by atoms with E-state index in [2.05, 4.69) is 23.2 Å². The van der Waals surface area contributed by atoms with Gasteiger partial charge in [-0.15, -0.1) is 0 Å². The molecule has 1 saturated carbocycles. The minimum atomic E-state index is -2.72. The van der Waals surface area contributed by atoms with Gasteiger partial charge < -0.3 is 61.1 Å². The molecule has 0 radical (unpaired) electrons. The summed E-state index contributed by atoms with van der Waals surface area (Å²) < 4.78 is 17.1. The lowest BCUT2D eigenvalue weighted by Crippen LogP contribution is -2.70. The van der Waals surface area contributed by atoms with Gasteiger partial charge in [-0.3, -0.25) is 9.79 Å². The Kier molecular flexibility index (Phi) is 9.74. The van der Waals surface area contributed by atoms with Gasteiger partial charge >= 0.3 is 5.97 Å². The SMILES string of the molecule is NC(N)=NCC1(O)C(O)C(Oc2cc3oc(-c4ccc(O)cc4C4=Cc5ccccc5C(CC5CCCC5)C4)cc(=O)c3c(O)c2O)OC(C(=O)O)C1O. The van der Waals surface area contributed by atoms with E-state index in [9.17, 15) is 45.3 Å². The van der Waals surface area contributed by atoms with Gasteiger partial charge in [0.1, 0.15) is 40.3 Å². The molecule has 3 aromatic carbocycles. The fourth-order valence-corrected chi connectivity index (χ4v) is 7.97. The van der Waals surface area contributed by atoms with Crippen molar-refractivity contribution in [3.8, 4) is 34.3 Å². The lowest BCUT2D eigenvalue weighted by Gasteiger charge is -2.45. The molecule has 3 aliphatic rings. The number of fused-ring (bicyclic) bond motifs is 2. The number of ether oxygens (including phenoxy) is 2. The van der Waals surface area contributed by atoms with E-state index in [1.54, 1.807) is 12.1 Å². The van der Waals surface area contributed by atoms with Crippen LogP contribution in [0.2, 0.25) is 0 Å². The highest BCUT2D eigenvalue weighted by atomic mass is 16.7. The minimum Gasteiger partial charge on any atom is -0.508 e. The van der Waals surface area contributed by atoms with Crippen LogP contribution in [-0.2, 0) is 9.53 Å². The Morgan fingerprint density at radius 2 is 1.70 bits per heavy atom. The van der Waals surface area contributed by atoms with Crippen LogP contribution in [-0.4, -0.2) is 84.4 Å². The number of nitrogens with zero attached hydrogens (tertiary/aromatic N) is 1. The van der Waals surface area contributed by atoms with Crippen LogP contribution in [0, 0.1) is 5.92 Å². The Labute approximate surface area is 308 Å². The van der Waals surface area contributed by atoms with Gasteiger partial charge in [-0.1, -0.05) is 56.0 Å². The monoisotopic (exact) mass is 743 g/mol. The molecule has 6 unspecified atom stereocenters. The number of carboxylic acid groups (broad SMARTS) is 1. The molecule has 15 nitrogen and oxygen atoms in total. The van der Waals surface area contributed by atoms with E-state index in [0.717, 1.165) is 29.7 Å². The Hall–Kier alpha value is -5.61. The number of aliphatic imine (C=N–C) groups is 1. The number of phenolic OH excluding ortho intramolecular Hbond substituents is 3. The molecule has 2 aliphatic carbocycles. The molecule has 284 valence electrons. The predicted octanol–water partition coefficient (Wildman–Crippen LogP) is 3.10. The molecule has 7 rings (SSSR count). The summed E-state index contributed by atoms with van der Waals surface area (Å²) in [5.74, 6) is -3.94. The molecule has 6 atom stereocenters. The largest absolute Gasteiger partial charge is 0.508 e. The zero-order valence-corrected chi connectivity index (χ0v) is 29.0. The fraction of sp³-hybridized carbons (Fsp3) is 0.359. The molecule has 0 amide bonds. The molecule has 54 heavy (non-hydrogen) atoms. The molecular weight excluding hydrogens is 702 g/mol. The fourth-order valence-electron chi connectivity index (χ4n) is 7.97. The number of carbonyl (C=O) groups is 1. The van der Waals surface area contributed by atoms with Gasteiger partial charge in [0.25, 0.3) is 0 Å². The summed E-state index contributed by atoms with van der Waals surface area (Å²) in [6, 6.07) is 15.1. The van der Waals surface area contributed by atoms with Crippen molar-refractivity contribution < 1.29 is 54.4 Å². The maximum absolute atomic E-state index is 13.6. The zero-order valence-electron chi connectivity index (χ0n) is 29.0. The van der Waals surface area contributed by atoms with Crippen LogP contribution in [0.4, 0.5) is 0 Å². The molecule has 1 aliphatic heterocycles. The summed E-state index contributed by atoms with van der Waals surface area (Å²) in [5, 5.41) is 74.6. The van der Waals surface area contributed by atoms with Gasteiger partial charge in [0.05, 0.1) is 6.54 Å². The normalized spacial score (nSPS) is 25.5. The van der Waals surface area contributed by atoms with E-state index in [4.69, 9.17) is 25.4 Å². The highest BCUT2D eigenvalue weighted by Crippen LogP contribution is 2.47. The number of guanidine groups is 1. The van der Waals surface area contributed by atoms with Crippen LogP contribution in [0.3, 0.4) is 0 Å². The van der Waals surface area contributed by atoms with Crippen LogP contribution in [0.25, 0.3) is 33.9 Å². The molecule has 0 bridgehead atoms. The second-order valence-electron chi connectivity index (χ2n) is 14.2. The van der Waals surface area contributed by atoms with Crippen molar-refractivity contribution in [3.05, 3.63) is 81.5 Å². The third kappa shape index (κ3) is 6.71. The quantitative estimate of drug-likeness (QED) is 0.0677. The Morgan fingerprint density at radius 3 is 2.43 bits per heavy atom. The molecule has 4 aromatic rings. The summed E-state index contributed by atoms with van der Waals surface area (Å²) in [6.45, 7) is -0.865. The number of hydrogen-bond acceptors (Lipinski definition) is 12. The summed E-state index contributed by atoms with van der Waals surface area (Å²) >= 11 is 0. The van der Waals surface area contributed by atoms with Crippen molar-refractivity contribution >= 4 is 34.5 Å². The summed E-state index contributed by atoms with van der Waals surface area (Å²) in [7, 11) is 0. The van der Waals surface area contributed by atoms with Crippen LogP contribution < -0.4 is 21.6 Å². The first-order chi connectivity index (χ1) is 25.7. The summed E-state index contributed by atoms with van der Waals surface area (Å²) in [5.41, 5.74) is 11.3. The highest BCUT2D eigenvalue weighted by molar-refractivity contribution is 5.93. The number of aromatic hydroxyl groups is 3. The number of hydrogen-bond donors (Lipinski definition) is 9. The minimum absolute atomic E-state index is 0.00198. The van der Waals surface area contributed by atoms with E-state index in [0.29, 0.717) is 23.5 Å². The number of phenols is 3. The Morgan fingerprint density at radius 1 is 0.963 bits per heavy atom. The van der Waals surface area contributed by atoms with E-state index in [1.807, 2.05) is 12.1 Å². The Balaban J connectivity index is 1.28. The average molecular weight is 744 g/mol. The van der Waals surface area contributed by atoms with Crippen molar-refractivity contribution in [2.24, 2.45) is 22.4 Å². The predicted molar refractivity (Wildman–Crippen MR) is 196 cm³/mol. The number of aliphatic hydroxyl groups excluding tert-OH is 2. The van der Waals surface area contributed by atoms with Gasteiger partial charge in [-0.05, 0) is 65.1 Å². The third-order valence-corrected chi connectivity index (χ3v) is 10.7. The van der Waals surface area contributed by atoms with Crippen molar-refractivity contribution in [2.75, 3.05) is 6.54 Å². The van der Waals surface area contributed by atoms with Crippen LogP contribution in [0.1, 0.15) is 61.1 Å². The molecule has 2 fully saturated rings. The maximum atomic E-state index is 13.6. The molecule has 1 saturated heterocycles. The molecule has 2 heterocycles. The number of benzene rings is 3. The standard InChI is InChI=1S/C39H41N3O12/c40-38(41)42-17-39(51)34(47)33(36(49)50)54-37(35(39)48)53-29-16-28-30(32(46)31(29)45)26(44)15-27(52-28)24-10-9-22(43)14-25(24)21-12-19-7-3-4-8-23(19)20(13-21)11-18-5-1-2-6-18/h3-4,7-10,12,14-16,18,20,33-35,37,43,45-48,51H,1-2,5-6,11,13,17H2,(H,49,50)(H4,40,41,42).